The molecule has 2 rings (SSSR count). The van der Waals surface area contributed by atoms with Gasteiger partial charge in [0.25, 0.3) is 0 Å². The fourth-order valence-electron chi connectivity index (χ4n) is 2.29. The largest absolute Gasteiger partial charge is 0.417 e. The maximum atomic E-state index is 12.9. The van der Waals surface area contributed by atoms with E-state index >= 15 is 0 Å². The molecule has 2 aromatic rings. The van der Waals surface area contributed by atoms with Crippen LogP contribution in [0.4, 0.5) is 18.9 Å². The predicted molar refractivity (Wildman–Crippen MR) is 93.6 cm³/mol. The maximum absolute atomic E-state index is 12.9. The molecule has 4 nitrogen and oxygen atoms in total. The maximum Gasteiger partial charge on any atom is 0.417 e. The van der Waals surface area contributed by atoms with E-state index in [9.17, 15) is 22.5 Å². The number of aliphatic hydroxyl groups excluding tert-OH is 1. The molecule has 0 aliphatic heterocycles. The third-order valence-corrected chi connectivity index (χ3v) is 5.08. The lowest BCUT2D eigenvalue weighted by molar-refractivity contribution is -0.137. The quantitative estimate of drug-likeness (QED) is 0.767. The van der Waals surface area contributed by atoms with Crippen LogP contribution in [-0.4, -0.2) is 21.3 Å². The topological polar surface area (TPSA) is 73.1 Å². The van der Waals surface area contributed by atoms with Crippen LogP contribution in [-0.2, 0) is 22.7 Å². The van der Waals surface area contributed by atoms with Crippen molar-refractivity contribution in [1.82, 2.24) is 0 Å². The van der Waals surface area contributed by atoms with Gasteiger partial charge in [-0.05, 0) is 23.8 Å². The average Bonchev–Trinajstić information content (AvgIpc) is 2.61. The van der Waals surface area contributed by atoms with E-state index in [4.69, 9.17) is 5.26 Å². The summed E-state index contributed by atoms with van der Waals surface area (Å²) < 4.78 is 50.8. The predicted octanol–water partition coefficient (Wildman–Crippen LogP) is 3.65. The number of hydrogen-bond acceptors (Lipinski definition) is 4. The fraction of sp³-hybridized carbons (Fsp3) is 0.278. The molecule has 0 saturated heterocycles. The number of alkyl halides is 3. The van der Waals surface area contributed by atoms with Crippen LogP contribution in [0.15, 0.2) is 48.5 Å². The Morgan fingerprint density at radius 3 is 2.50 bits per heavy atom. The summed E-state index contributed by atoms with van der Waals surface area (Å²) in [6.45, 7) is 0.144. The molecule has 2 N–H and O–H groups in total. The second-order valence-corrected chi connectivity index (χ2v) is 7.15. The van der Waals surface area contributed by atoms with Gasteiger partial charge in [0.05, 0.1) is 33.7 Å². The molecule has 0 amide bonds. The van der Waals surface area contributed by atoms with Gasteiger partial charge in [-0.1, -0.05) is 30.3 Å². The van der Waals surface area contributed by atoms with Gasteiger partial charge < -0.3 is 10.4 Å². The molecule has 8 heteroatoms. The van der Waals surface area contributed by atoms with Crippen LogP contribution in [0, 0.1) is 11.3 Å². The van der Waals surface area contributed by atoms with Gasteiger partial charge in [0.1, 0.15) is 5.44 Å². The summed E-state index contributed by atoms with van der Waals surface area (Å²) in [7, 11) is -1.50. The summed E-state index contributed by atoms with van der Waals surface area (Å²) in [5.41, 5.74) is -1.55. The van der Waals surface area contributed by atoms with Crippen molar-refractivity contribution in [3.63, 3.8) is 0 Å². The van der Waals surface area contributed by atoms with Crippen LogP contribution >= 0.6 is 0 Å². The van der Waals surface area contributed by atoms with Crippen LogP contribution in [0.1, 0.15) is 23.1 Å². The first-order valence-corrected chi connectivity index (χ1v) is 9.14. The van der Waals surface area contributed by atoms with E-state index in [1.807, 2.05) is 18.2 Å². The van der Waals surface area contributed by atoms with E-state index in [1.165, 1.54) is 12.1 Å². The van der Waals surface area contributed by atoms with Gasteiger partial charge >= 0.3 is 6.18 Å². The molecule has 2 aromatic carbocycles. The SMILES string of the molecule is N#Cc1ccc(NCC[C@H](O)S(=O)Cc2ccccc2)cc1C(F)(F)F. The van der Waals surface area contributed by atoms with Crippen molar-refractivity contribution in [2.45, 2.75) is 23.8 Å². The van der Waals surface area contributed by atoms with Crippen LogP contribution in [0.2, 0.25) is 0 Å². The zero-order chi connectivity index (χ0) is 19.2. The highest BCUT2D eigenvalue weighted by atomic mass is 32.2. The highest BCUT2D eigenvalue weighted by Crippen LogP contribution is 2.33. The molecular weight excluding hydrogens is 365 g/mol. The second-order valence-electron chi connectivity index (χ2n) is 5.55. The van der Waals surface area contributed by atoms with Crippen molar-refractivity contribution in [2.24, 2.45) is 0 Å². The number of nitriles is 1. The van der Waals surface area contributed by atoms with Gasteiger partial charge in [0.2, 0.25) is 0 Å². The fourth-order valence-corrected chi connectivity index (χ4v) is 3.39. The van der Waals surface area contributed by atoms with Crippen molar-refractivity contribution >= 4 is 16.5 Å². The van der Waals surface area contributed by atoms with Crippen LogP contribution in [0.5, 0.6) is 0 Å². The molecule has 0 bridgehead atoms. The van der Waals surface area contributed by atoms with E-state index in [1.54, 1.807) is 12.1 Å². The Hall–Kier alpha value is -2.37. The van der Waals surface area contributed by atoms with Crippen LogP contribution in [0.25, 0.3) is 0 Å². The van der Waals surface area contributed by atoms with Crippen molar-refractivity contribution < 1.29 is 22.5 Å². The lowest BCUT2D eigenvalue weighted by atomic mass is 10.1. The molecular formula is C18H17F3N2O2S. The Morgan fingerprint density at radius 2 is 1.88 bits per heavy atom. The molecule has 0 fully saturated rings. The average molecular weight is 382 g/mol. The number of nitrogens with zero attached hydrogens (tertiary/aromatic N) is 1. The minimum absolute atomic E-state index is 0.112. The number of nitrogens with one attached hydrogen (secondary N) is 1. The molecule has 138 valence electrons. The summed E-state index contributed by atoms with van der Waals surface area (Å²) in [5.74, 6) is 0.205. The summed E-state index contributed by atoms with van der Waals surface area (Å²) in [6.07, 6.45) is -4.51. The smallest absolute Gasteiger partial charge is 0.385 e. The molecule has 0 heterocycles. The number of halogens is 3. The third kappa shape index (κ3) is 5.58. The molecule has 1 unspecified atom stereocenters. The highest BCUT2D eigenvalue weighted by molar-refractivity contribution is 7.84. The van der Waals surface area contributed by atoms with E-state index < -0.39 is 33.5 Å². The first-order chi connectivity index (χ1) is 12.3. The molecule has 0 spiro atoms. The zero-order valence-electron chi connectivity index (χ0n) is 13.7. The Labute approximate surface area is 151 Å². The highest BCUT2D eigenvalue weighted by Gasteiger charge is 2.33. The zero-order valence-corrected chi connectivity index (χ0v) is 14.5. The van der Waals surface area contributed by atoms with Gasteiger partial charge in [-0.25, -0.2) is 0 Å². The van der Waals surface area contributed by atoms with Crippen molar-refractivity contribution in [3.8, 4) is 6.07 Å². The minimum Gasteiger partial charge on any atom is -0.385 e. The molecule has 0 aromatic heterocycles. The van der Waals surface area contributed by atoms with Gasteiger partial charge in [-0.3, -0.25) is 4.21 Å². The number of aliphatic hydroxyl groups is 1. The van der Waals surface area contributed by atoms with Gasteiger partial charge in [-0.15, -0.1) is 0 Å². The minimum atomic E-state index is -4.63. The summed E-state index contributed by atoms with van der Waals surface area (Å²) >= 11 is 0. The molecule has 2 atom stereocenters. The van der Waals surface area contributed by atoms with Crippen molar-refractivity contribution in [3.05, 3.63) is 65.2 Å². The molecule has 26 heavy (non-hydrogen) atoms. The molecule has 0 saturated carbocycles. The number of hydrogen-bond donors (Lipinski definition) is 2. The monoisotopic (exact) mass is 382 g/mol. The molecule has 0 radical (unpaired) electrons. The Morgan fingerprint density at radius 1 is 1.19 bits per heavy atom. The van der Waals surface area contributed by atoms with Crippen LogP contribution in [0.3, 0.4) is 0 Å². The second kappa shape index (κ2) is 8.83. The first kappa shape index (κ1) is 19.9. The Balaban J connectivity index is 1.91. The summed E-state index contributed by atoms with van der Waals surface area (Å²) in [4.78, 5) is 0. The summed E-state index contributed by atoms with van der Waals surface area (Å²) in [6, 6.07) is 13.9. The third-order valence-electron chi connectivity index (χ3n) is 3.62. The van der Waals surface area contributed by atoms with Gasteiger partial charge in [-0.2, -0.15) is 18.4 Å². The Bertz CT molecular complexity index is 804. The molecule has 0 aliphatic carbocycles. The van der Waals surface area contributed by atoms with Crippen LogP contribution < -0.4 is 5.32 Å². The van der Waals surface area contributed by atoms with Crippen molar-refractivity contribution in [1.29, 1.82) is 5.26 Å². The lowest BCUT2D eigenvalue weighted by Crippen LogP contribution is -2.20. The van der Waals surface area contributed by atoms with Crippen molar-refractivity contribution in [2.75, 3.05) is 11.9 Å². The lowest BCUT2D eigenvalue weighted by Gasteiger charge is -2.14. The van der Waals surface area contributed by atoms with Gasteiger partial charge in [0, 0.05) is 18.7 Å². The van der Waals surface area contributed by atoms with Gasteiger partial charge in [0.15, 0.2) is 0 Å². The number of anilines is 1. The normalized spacial score (nSPS) is 13.7. The first-order valence-electron chi connectivity index (χ1n) is 7.75. The van der Waals surface area contributed by atoms with E-state index in [0.29, 0.717) is 0 Å². The number of rotatable bonds is 7. The summed E-state index contributed by atoms with van der Waals surface area (Å²) in [5, 5.41) is 21.5. The van der Waals surface area contributed by atoms with E-state index in [-0.39, 0.29) is 24.4 Å². The molecule has 0 aliphatic rings. The Kier molecular flexibility index (Phi) is 6.77. The van der Waals surface area contributed by atoms with E-state index in [2.05, 4.69) is 5.32 Å². The standard InChI is InChI=1S/C18H17F3N2O2S/c19-18(20,21)16-10-15(7-6-14(16)11-22)23-9-8-17(24)26(25)12-13-4-2-1-3-5-13/h1-7,10,17,23-24H,8-9,12H2/t17-,26?/m1/s1. The number of benzene rings is 2. The van der Waals surface area contributed by atoms with E-state index in [0.717, 1.165) is 17.7 Å².